The first kappa shape index (κ1) is 16.5. The van der Waals surface area contributed by atoms with Crippen LogP contribution in [0.3, 0.4) is 0 Å². The van der Waals surface area contributed by atoms with Gasteiger partial charge < -0.3 is 15.4 Å². The average Bonchev–Trinajstić information content (AvgIpc) is 3.21. The van der Waals surface area contributed by atoms with E-state index in [0.29, 0.717) is 0 Å². The lowest BCUT2D eigenvalue weighted by atomic mass is 10.0. The second-order valence-electron chi connectivity index (χ2n) is 6.86. The first-order valence-corrected chi connectivity index (χ1v) is 8.94. The number of carbonyl (C=O) groups is 1. The van der Waals surface area contributed by atoms with Crippen molar-refractivity contribution in [3.05, 3.63) is 35.9 Å². The maximum atomic E-state index is 12.5. The van der Waals surface area contributed by atoms with E-state index in [0.717, 1.165) is 58.2 Å². The van der Waals surface area contributed by atoms with Gasteiger partial charge in [0.25, 0.3) is 0 Å². The predicted octanol–water partition coefficient (Wildman–Crippen LogP) is 2.36. The molecule has 1 aliphatic heterocycles. The number of aryl methyl sites for hydroxylation is 1. The zero-order valence-corrected chi connectivity index (χ0v) is 13.8. The Kier molecular flexibility index (Phi) is 5.68. The average molecular weight is 316 g/mol. The van der Waals surface area contributed by atoms with Crippen LogP contribution in [-0.2, 0) is 16.0 Å². The fourth-order valence-electron chi connectivity index (χ4n) is 3.77. The minimum Gasteiger partial charge on any atom is -0.376 e. The van der Waals surface area contributed by atoms with Gasteiger partial charge in [-0.3, -0.25) is 4.79 Å². The quantitative estimate of drug-likeness (QED) is 0.820. The van der Waals surface area contributed by atoms with Crippen molar-refractivity contribution in [2.24, 2.45) is 11.7 Å². The van der Waals surface area contributed by atoms with Crippen LogP contribution in [0.15, 0.2) is 30.3 Å². The Morgan fingerprint density at radius 2 is 2.04 bits per heavy atom. The van der Waals surface area contributed by atoms with E-state index in [2.05, 4.69) is 24.3 Å². The summed E-state index contributed by atoms with van der Waals surface area (Å²) in [5.41, 5.74) is 7.41. The number of benzene rings is 1. The van der Waals surface area contributed by atoms with Crippen LogP contribution in [0, 0.1) is 5.92 Å². The number of ether oxygens (including phenoxy) is 1. The van der Waals surface area contributed by atoms with E-state index >= 15 is 0 Å². The van der Waals surface area contributed by atoms with Gasteiger partial charge in [0.15, 0.2) is 0 Å². The highest BCUT2D eigenvalue weighted by atomic mass is 16.5. The Morgan fingerprint density at radius 1 is 1.22 bits per heavy atom. The van der Waals surface area contributed by atoms with Crippen LogP contribution in [-0.4, -0.2) is 42.6 Å². The Labute approximate surface area is 139 Å². The van der Waals surface area contributed by atoms with E-state index in [-0.39, 0.29) is 24.0 Å². The van der Waals surface area contributed by atoms with Crippen LogP contribution in [0.1, 0.15) is 37.7 Å². The molecule has 0 spiro atoms. The van der Waals surface area contributed by atoms with Gasteiger partial charge in [0, 0.05) is 25.7 Å². The number of nitrogens with zero attached hydrogens (tertiary/aromatic N) is 1. The summed E-state index contributed by atoms with van der Waals surface area (Å²) in [7, 11) is 0. The third kappa shape index (κ3) is 4.33. The van der Waals surface area contributed by atoms with Gasteiger partial charge in [0.05, 0.1) is 12.0 Å². The highest BCUT2D eigenvalue weighted by molar-refractivity contribution is 5.80. The molecule has 1 saturated carbocycles. The summed E-state index contributed by atoms with van der Waals surface area (Å²) >= 11 is 0. The second-order valence-corrected chi connectivity index (χ2v) is 6.86. The molecule has 0 radical (unpaired) electrons. The van der Waals surface area contributed by atoms with Crippen molar-refractivity contribution in [1.29, 1.82) is 0 Å². The summed E-state index contributed by atoms with van der Waals surface area (Å²) in [6.07, 6.45) is 6.27. The lowest BCUT2D eigenvalue weighted by Gasteiger charge is -2.23. The molecular formula is C19H28N2O2. The van der Waals surface area contributed by atoms with Crippen LogP contribution in [0.4, 0.5) is 0 Å². The second kappa shape index (κ2) is 7.93. The van der Waals surface area contributed by atoms with E-state index in [4.69, 9.17) is 10.5 Å². The smallest absolute Gasteiger partial charge is 0.227 e. The Morgan fingerprint density at radius 3 is 2.78 bits per heavy atom. The molecule has 126 valence electrons. The molecule has 0 unspecified atom stereocenters. The number of rotatable bonds is 6. The third-order valence-electron chi connectivity index (χ3n) is 5.15. The van der Waals surface area contributed by atoms with Gasteiger partial charge in [0.1, 0.15) is 0 Å². The van der Waals surface area contributed by atoms with Crippen LogP contribution < -0.4 is 5.73 Å². The van der Waals surface area contributed by atoms with E-state index in [9.17, 15) is 4.79 Å². The number of hydrogen-bond acceptors (Lipinski definition) is 3. The van der Waals surface area contributed by atoms with Crippen molar-refractivity contribution >= 4 is 5.91 Å². The maximum absolute atomic E-state index is 12.5. The summed E-state index contributed by atoms with van der Waals surface area (Å²) in [6.45, 7) is 2.34. The van der Waals surface area contributed by atoms with Crippen molar-refractivity contribution in [1.82, 2.24) is 4.90 Å². The lowest BCUT2D eigenvalue weighted by molar-refractivity contribution is -0.135. The molecule has 4 heteroatoms. The van der Waals surface area contributed by atoms with Gasteiger partial charge in [-0.15, -0.1) is 0 Å². The number of likely N-dealkylation sites (tertiary alicyclic amines) is 1. The van der Waals surface area contributed by atoms with Gasteiger partial charge in [0.2, 0.25) is 5.91 Å². The molecule has 1 amide bonds. The SMILES string of the molecule is N[C@@H]1CCC[C@@H]1C(=O)N1CC[C@H](OCCCc2ccccc2)C1. The number of carbonyl (C=O) groups excluding carboxylic acids is 1. The standard InChI is InChI=1S/C19H28N2O2/c20-18-10-4-9-17(18)19(22)21-12-11-16(14-21)23-13-5-8-15-6-2-1-3-7-15/h1-3,6-7,16-18H,4-5,8-14,20H2/t16-,17-,18+/m0/s1. The molecule has 1 saturated heterocycles. The topological polar surface area (TPSA) is 55.6 Å². The monoisotopic (exact) mass is 316 g/mol. The van der Waals surface area contributed by atoms with Crippen LogP contribution in [0.25, 0.3) is 0 Å². The van der Waals surface area contributed by atoms with Crippen LogP contribution in [0.5, 0.6) is 0 Å². The Balaban J connectivity index is 1.36. The van der Waals surface area contributed by atoms with Crippen molar-refractivity contribution < 1.29 is 9.53 Å². The molecule has 0 bridgehead atoms. The zero-order chi connectivity index (χ0) is 16.1. The van der Waals surface area contributed by atoms with E-state index in [1.54, 1.807) is 0 Å². The van der Waals surface area contributed by atoms with Crippen molar-refractivity contribution in [2.45, 2.75) is 50.7 Å². The van der Waals surface area contributed by atoms with Crippen molar-refractivity contribution in [3.8, 4) is 0 Å². The fourth-order valence-corrected chi connectivity index (χ4v) is 3.77. The summed E-state index contributed by atoms with van der Waals surface area (Å²) in [6, 6.07) is 10.6. The highest BCUT2D eigenvalue weighted by Gasteiger charge is 2.36. The summed E-state index contributed by atoms with van der Waals surface area (Å²) < 4.78 is 5.97. The molecule has 3 rings (SSSR count). The Bertz CT molecular complexity index is 505. The number of hydrogen-bond donors (Lipinski definition) is 1. The van der Waals surface area contributed by atoms with E-state index in [1.807, 2.05) is 11.0 Å². The predicted molar refractivity (Wildman–Crippen MR) is 91.0 cm³/mol. The molecule has 23 heavy (non-hydrogen) atoms. The third-order valence-corrected chi connectivity index (χ3v) is 5.15. The molecule has 2 fully saturated rings. The first-order valence-electron chi connectivity index (χ1n) is 8.94. The molecule has 1 heterocycles. The largest absolute Gasteiger partial charge is 0.376 e. The van der Waals surface area contributed by atoms with Gasteiger partial charge >= 0.3 is 0 Å². The maximum Gasteiger partial charge on any atom is 0.227 e. The first-order chi connectivity index (χ1) is 11.2. The minimum atomic E-state index is 0.0480. The molecule has 4 nitrogen and oxygen atoms in total. The number of nitrogens with two attached hydrogens (primary N) is 1. The van der Waals surface area contributed by atoms with Gasteiger partial charge in [-0.05, 0) is 37.7 Å². The fraction of sp³-hybridized carbons (Fsp3) is 0.632. The van der Waals surface area contributed by atoms with Crippen molar-refractivity contribution in [2.75, 3.05) is 19.7 Å². The van der Waals surface area contributed by atoms with Crippen molar-refractivity contribution in [3.63, 3.8) is 0 Å². The minimum absolute atomic E-state index is 0.0480. The summed E-state index contributed by atoms with van der Waals surface area (Å²) in [4.78, 5) is 14.5. The lowest BCUT2D eigenvalue weighted by Crippen LogP contribution is -2.41. The normalized spacial score (nSPS) is 27.5. The van der Waals surface area contributed by atoms with Gasteiger partial charge in [-0.2, -0.15) is 0 Å². The molecule has 1 aromatic rings. The molecule has 1 aliphatic carbocycles. The van der Waals surface area contributed by atoms with Gasteiger partial charge in [-0.1, -0.05) is 36.8 Å². The van der Waals surface area contributed by atoms with Crippen LogP contribution in [0.2, 0.25) is 0 Å². The highest BCUT2D eigenvalue weighted by Crippen LogP contribution is 2.27. The summed E-state index contributed by atoms with van der Waals surface area (Å²) in [5, 5.41) is 0. The Hall–Kier alpha value is -1.39. The number of amides is 1. The molecule has 2 aliphatic rings. The van der Waals surface area contributed by atoms with Crippen LogP contribution >= 0.6 is 0 Å². The molecule has 1 aromatic carbocycles. The van der Waals surface area contributed by atoms with E-state index < -0.39 is 0 Å². The van der Waals surface area contributed by atoms with Gasteiger partial charge in [-0.25, -0.2) is 0 Å². The molecule has 0 aromatic heterocycles. The van der Waals surface area contributed by atoms with E-state index in [1.165, 1.54) is 5.56 Å². The summed E-state index contributed by atoms with van der Waals surface area (Å²) in [5.74, 6) is 0.303. The zero-order valence-electron chi connectivity index (χ0n) is 13.8. The molecule has 2 N–H and O–H groups in total. The molecule has 3 atom stereocenters. The molecular weight excluding hydrogens is 288 g/mol.